The molecule has 2 rings (SSSR count). The number of fused-ring (bicyclic) bond motifs is 1. The van der Waals surface area contributed by atoms with E-state index in [-0.39, 0.29) is 0 Å². The molecule has 0 aliphatic carbocycles. The third kappa shape index (κ3) is 4.91. The van der Waals surface area contributed by atoms with E-state index < -0.39 is 0 Å². The second-order valence-corrected chi connectivity index (χ2v) is 3.21. The molecule has 2 heteroatoms. The van der Waals surface area contributed by atoms with Gasteiger partial charge in [-0.3, -0.25) is 0 Å². The van der Waals surface area contributed by atoms with Gasteiger partial charge in [0, 0.05) is 11.9 Å². The van der Waals surface area contributed by atoms with Crippen LogP contribution in [0, 0.1) is 20.8 Å². The van der Waals surface area contributed by atoms with Gasteiger partial charge in [-0.2, -0.15) is 0 Å². The van der Waals surface area contributed by atoms with Crippen LogP contribution in [0.25, 0.3) is 5.65 Å². The van der Waals surface area contributed by atoms with Gasteiger partial charge in [-0.05, 0) is 38.5 Å². The van der Waals surface area contributed by atoms with E-state index in [2.05, 4.69) is 41.6 Å². The Morgan fingerprint density at radius 3 is 1.89 bits per heavy atom. The van der Waals surface area contributed by atoms with Gasteiger partial charge in [-0.15, -0.1) is 0 Å². The maximum atomic E-state index is 4.44. The van der Waals surface area contributed by atoms with Crippen molar-refractivity contribution >= 4 is 5.65 Å². The van der Waals surface area contributed by atoms with Crippen LogP contribution in [-0.2, 0) is 0 Å². The van der Waals surface area contributed by atoms with Crippen molar-refractivity contribution in [3.05, 3.63) is 35.3 Å². The standard InChI is InChI=1S/C10H12N2.3C2H6/c1-7-4-5-12-9(3)8(2)11-10(12)6-7;3*1-2/h4-6H,1-3H3;3*1-2H3. The quantitative estimate of drug-likeness (QED) is 0.617. The topological polar surface area (TPSA) is 17.3 Å². The number of hydrogen-bond donors (Lipinski definition) is 0. The zero-order valence-corrected chi connectivity index (χ0v) is 13.6. The fourth-order valence-corrected chi connectivity index (χ4v) is 1.39. The van der Waals surface area contributed by atoms with E-state index in [1.165, 1.54) is 11.3 Å². The molecular formula is C16H30N2. The smallest absolute Gasteiger partial charge is 0.137 e. The molecule has 0 atom stereocenters. The van der Waals surface area contributed by atoms with Gasteiger partial charge >= 0.3 is 0 Å². The number of nitrogens with zero attached hydrogens (tertiary/aromatic N) is 2. The summed E-state index contributed by atoms with van der Waals surface area (Å²) in [4.78, 5) is 4.44. The molecule has 2 aromatic heterocycles. The summed E-state index contributed by atoms with van der Waals surface area (Å²) >= 11 is 0. The van der Waals surface area contributed by atoms with Gasteiger partial charge in [-0.25, -0.2) is 4.98 Å². The molecule has 0 aliphatic rings. The van der Waals surface area contributed by atoms with E-state index in [0.29, 0.717) is 0 Å². The van der Waals surface area contributed by atoms with Gasteiger partial charge in [0.25, 0.3) is 0 Å². The highest BCUT2D eigenvalue weighted by Gasteiger charge is 2.02. The van der Waals surface area contributed by atoms with Crippen molar-refractivity contribution < 1.29 is 0 Å². The summed E-state index contributed by atoms with van der Waals surface area (Å²) in [6, 6.07) is 4.20. The number of aryl methyl sites for hydroxylation is 3. The molecule has 104 valence electrons. The number of pyridine rings is 1. The Hall–Kier alpha value is -1.31. The molecule has 0 radical (unpaired) electrons. The molecule has 0 N–H and O–H groups in total. The van der Waals surface area contributed by atoms with Gasteiger partial charge in [0.15, 0.2) is 0 Å². The van der Waals surface area contributed by atoms with Crippen LogP contribution < -0.4 is 0 Å². The highest BCUT2D eigenvalue weighted by Crippen LogP contribution is 2.11. The maximum absolute atomic E-state index is 4.44. The van der Waals surface area contributed by atoms with E-state index in [1.54, 1.807) is 0 Å². The Morgan fingerprint density at radius 1 is 0.889 bits per heavy atom. The summed E-state index contributed by atoms with van der Waals surface area (Å²) in [6.45, 7) is 18.2. The zero-order valence-electron chi connectivity index (χ0n) is 13.6. The van der Waals surface area contributed by atoms with E-state index >= 15 is 0 Å². The van der Waals surface area contributed by atoms with Crippen LogP contribution in [0.5, 0.6) is 0 Å². The summed E-state index contributed by atoms with van der Waals surface area (Å²) in [6.07, 6.45) is 2.07. The first kappa shape index (κ1) is 19.0. The second-order valence-electron chi connectivity index (χ2n) is 3.21. The van der Waals surface area contributed by atoms with Crippen molar-refractivity contribution in [1.82, 2.24) is 9.38 Å². The Balaban J connectivity index is 0. The van der Waals surface area contributed by atoms with Crippen LogP contribution in [-0.4, -0.2) is 9.38 Å². The average molecular weight is 250 g/mol. The average Bonchev–Trinajstić information content (AvgIpc) is 2.71. The molecule has 0 saturated heterocycles. The minimum absolute atomic E-state index is 1.05. The van der Waals surface area contributed by atoms with E-state index in [9.17, 15) is 0 Å². The van der Waals surface area contributed by atoms with Gasteiger partial charge in [0.1, 0.15) is 5.65 Å². The first-order valence-electron chi connectivity index (χ1n) is 7.10. The summed E-state index contributed by atoms with van der Waals surface area (Å²) in [7, 11) is 0. The molecule has 0 amide bonds. The number of imidazole rings is 1. The fourth-order valence-electron chi connectivity index (χ4n) is 1.39. The van der Waals surface area contributed by atoms with Crippen LogP contribution in [0.4, 0.5) is 0 Å². The minimum atomic E-state index is 1.05. The molecule has 2 nitrogen and oxygen atoms in total. The second kappa shape index (κ2) is 10.8. The molecule has 2 heterocycles. The lowest BCUT2D eigenvalue weighted by Gasteiger charge is -1.96. The molecule has 0 aliphatic heterocycles. The van der Waals surface area contributed by atoms with Crippen molar-refractivity contribution in [2.45, 2.75) is 62.3 Å². The van der Waals surface area contributed by atoms with Crippen molar-refractivity contribution in [3.63, 3.8) is 0 Å². The number of hydrogen-bond acceptors (Lipinski definition) is 1. The largest absolute Gasteiger partial charge is 0.304 e. The Kier molecular flexibility index (Phi) is 11.4. The summed E-state index contributed by atoms with van der Waals surface area (Å²) < 4.78 is 2.11. The zero-order chi connectivity index (χ0) is 14.7. The van der Waals surface area contributed by atoms with Gasteiger partial charge in [0.05, 0.1) is 5.69 Å². The Morgan fingerprint density at radius 2 is 1.39 bits per heavy atom. The normalized spacial score (nSPS) is 8.28. The molecule has 0 bridgehead atoms. The van der Waals surface area contributed by atoms with E-state index in [0.717, 1.165) is 11.3 Å². The Bertz CT molecular complexity index is 428. The lowest BCUT2D eigenvalue weighted by Crippen LogP contribution is -1.86. The van der Waals surface area contributed by atoms with Crippen LogP contribution in [0.1, 0.15) is 58.5 Å². The van der Waals surface area contributed by atoms with Crippen LogP contribution >= 0.6 is 0 Å². The molecule has 2 aromatic rings. The third-order valence-electron chi connectivity index (χ3n) is 2.26. The van der Waals surface area contributed by atoms with Crippen molar-refractivity contribution in [2.75, 3.05) is 0 Å². The van der Waals surface area contributed by atoms with Crippen LogP contribution in [0.15, 0.2) is 18.3 Å². The van der Waals surface area contributed by atoms with Gasteiger partial charge in [-0.1, -0.05) is 41.5 Å². The minimum Gasteiger partial charge on any atom is -0.304 e. The third-order valence-corrected chi connectivity index (χ3v) is 2.26. The van der Waals surface area contributed by atoms with E-state index in [1.807, 2.05) is 48.5 Å². The molecular weight excluding hydrogens is 220 g/mol. The first-order chi connectivity index (χ1) is 8.68. The molecule has 0 aromatic carbocycles. The number of rotatable bonds is 0. The van der Waals surface area contributed by atoms with Crippen molar-refractivity contribution in [2.24, 2.45) is 0 Å². The number of aromatic nitrogens is 2. The van der Waals surface area contributed by atoms with E-state index in [4.69, 9.17) is 0 Å². The SMILES string of the molecule is CC.CC.CC.Cc1ccn2c(C)c(C)nc2c1. The van der Waals surface area contributed by atoms with Gasteiger partial charge < -0.3 is 4.40 Å². The summed E-state index contributed by atoms with van der Waals surface area (Å²) in [5.41, 5.74) is 4.64. The lowest BCUT2D eigenvalue weighted by atomic mass is 10.3. The van der Waals surface area contributed by atoms with Gasteiger partial charge in [0.2, 0.25) is 0 Å². The summed E-state index contributed by atoms with van der Waals surface area (Å²) in [5.74, 6) is 0. The fraction of sp³-hybridized carbons (Fsp3) is 0.562. The highest BCUT2D eigenvalue weighted by atomic mass is 15.0. The molecule has 0 unspecified atom stereocenters. The molecule has 0 fully saturated rings. The van der Waals surface area contributed by atoms with Crippen molar-refractivity contribution in [1.29, 1.82) is 0 Å². The molecule has 18 heavy (non-hydrogen) atoms. The predicted octanol–water partition coefficient (Wildman–Crippen LogP) is 5.34. The highest BCUT2D eigenvalue weighted by molar-refractivity contribution is 5.44. The molecule has 0 spiro atoms. The van der Waals surface area contributed by atoms with Crippen LogP contribution in [0.2, 0.25) is 0 Å². The molecule has 0 saturated carbocycles. The van der Waals surface area contributed by atoms with Crippen LogP contribution in [0.3, 0.4) is 0 Å². The first-order valence-corrected chi connectivity index (χ1v) is 7.10. The van der Waals surface area contributed by atoms with Crippen molar-refractivity contribution in [3.8, 4) is 0 Å². The summed E-state index contributed by atoms with van der Waals surface area (Å²) in [5, 5.41) is 0. The predicted molar refractivity (Wildman–Crippen MR) is 83.4 cm³/mol. The lowest BCUT2D eigenvalue weighted by molar-refractivity contribution is 1.09. The maximum Gasteiger partial charge on any atom is 0.137 e. The Labute approximate surface area is 113 Å². The monoisotopic (exact) mass is 250 g/mol.